The van der Waals surface area contributed by atoms with E-state index in [0.29, 0.717) is 11.8 Å². The number of piperidine rings is 1. The van der Waals surface area contributed by atoms with Crippen LogP contribution in [0.5, 0.6) is 5.75 Å². The van der Waals surface area contributed by atoms with Crippen molar-refractivity contribution in [3.05, 3.63) is 29.6 Å². The highest BCUT2D eigenvalue weighted by Gasteiger charge is 2.15. The van der Waals surface area contributed by atoms with Crippen LogP contribution in [-0.2, 0) is 6.54 Å². The number of hydrogen-bond acceptors (Lipinski definition) is 3. The van der Waals surface area contributed by atoms with Gasteiger partial charge in [-0.1, -0.05) is 6.07 Å². The molecule has 18 heavy (non-hydrogen) atoms. The molecule has 0 radical (unpaired) electrons. The molecule has 1 N–H and O–H groups in total. The molecule has 0 unspecified atom stereocenters. The normalized spacial score (nSPS) is 17.9. The quantitative estimate of drug-likeness (QED) is 0.887. The lowest BCUT2D eigenvalue weighted by molar-refractivity contribution is 0.234. The van der Waals surface area contributed by atoms with E-state index in [1.165, 1.54) is 7.11 Å². The van der Waals surface area contributed by atoms with Gasteiger partial charge >= 0.3 is 0 Å². The molecule has 3 nitrogen and oxygen atoms in total. The number of rotatable bonds is 4. The zero-order chi connectivity index (χ0) is 13.0. The Morgan fingerprint density at radius 2 is 2.11 bits per heavy atom. The second-order valence-electron chi connectivity index (χ2n) is 4.93. The van der Waals surface area contributed by atoms with Crippen molar-refractivity contribution in [1.29, 1.82) is 0 Å². The van der Waals surface area contributed by atoms with Crippen molar-refractivity contribution in [3.8, 4) is 5.75 Å². The Morgan fingerprint density at radius 1 is 1.39 bits per heavy atom. The second kappa shape index (κ2) is 6.16. The van der Waals surface area contributed by atoms with Crippen LogP contribution in [0.3, 0.4) is 0 Å². The van der Waals surface area contributed by atoms with Crippen LogP contribution in [0.2, 0.25) is 0 Å². The molecular formula is C14H21FN2O. The van der Waals surface area contributed by atoms with Crippen molar-refractivity contribution in [2.45, 2.75) is 25.4 Å². The molecule has 2 rings (SSSR count). The highest BCUT2D eigenvalue weighted by Crippen LogP contribution is 2.18. The summed E-state index contributed by atoms with van der Waals surface area (Å²) in [6.45, 7) is 2.98. The summed E-state index contributed by atoms with van der Waals surface area (Å²) in [6, 6.07) is 5.68. The molecule has 0 atom stereocenters. The predicted octanol–water partition coefficient (Wildman–Crippen LogP) is 2.02. The molecule has 1 saturated heterocycles. The SMILES string of the molecule is COc1ccc(CNC2CCN(C)CC2)cc1F. The minimum atomic E-state index is -0.292. The Kier molecular flexibility index (Phi) is 4.55. The summed E-state index contributed by atoms with van der Waals surface area (Å²) in [5, 5.41) is 3.49. The molecule has 0 saturated carbocycles. The fourth-order valence-corrected chi connectivity index (χ4v) is 2.29. The van der Waals surface area contributed by atoms with E-state index in [9.17, 15) is 4.39 Å². The summed E-state index contributed by atoms with van der Waals surface area (Å²) in [5.74, 6) is 0.0122. The van der Waals surface area contributed by atoms with E-state index >= 15 is 0 Å². The van der Waals surface area contributed by atoms with Crippen molar-refractivity contribution >= 4 is 0 Å². The van der Waals surface area contributed by atoms with Gasteiger partial charge in [-0.2, -0.15) is 0 Å². The van der Waals surface area contributed by atoms with Crippen molar-refractivity contribution in [3.63, 3.8) is 0 Å². The fraction of sp³-hybridized carbons (Fsp3) is 0.571. The van der Waals surface area contributed by atoms with Crippen molar-refractivity contribution in [2.24, 2.45) is 0 Å². The van der Waals surface area contributed by atoms with Crippen LogP contribution < -0.4 is 10.1 Å². The van der Waals surface area contributed by atoms with Gasteiger partial charge in [-0.3, -0.25) is 0 Å². The average molecular weight is 252 g/mol. The molecule has 1 aromatic carbocycles. The highest BCUT2D eigenvalue weighted by atomic mass is 19.1. The average Bonchev–Trinajstić information content (AvgIpc) is 2.38. The van der Waals surface area contributed by atoms with E-state index in [4.69, 9.17) is 4.74 Å². The van der Waals surface area contributed by atoms with Crippen LogP contribution in [-0.4, -0.2) is 38.2 Å². The van der Waals surface area contributed by atoms with Crippen LogP contribution in [0, 0.1) is 5.82 Å². The van der Waals surface area contributed by atoms with Gasteiger partial charge in [-0.05, 0) is 50.7 Å². The van der Waals surface area contributed by atoms with Crippen molar-refractivity contribution < 1.29 is 9.13 Å². The maximum atomic E-state index is 13.5. The Bertz CT molecular complexity index is 389. The number of hydrogen-bond donors (Lipinski definition) is 1. The lowest BCUT2D eigenvalue weighted by Crippen LogP contribution is -2.40. The van der Waals surface area contributed by atoms with E-state index in [0.717, 1.165) is 38.0 Å². The summed E-state index contributed by atoms with van der Waals surface area (Å²) in [5.41, 5.74) is 0.965. The van der Waals surface area contributed by atoms with Crippen LogP contribution in [0.4, 0.5) is 4.39 Å². The zero-order valence-corrected chi connectivity index (χ0v) is 11.1. The molecule has 100 valence electrons. The number of nitrogens with zero attached hydrogens (tertiary/aromatic N) is 1. The Balaban J connectivity index is 1.84. The number of halogens is 1. The summed E-state index contributed by atoms with van der Waals surface area (Å²) in [6.07, 6.45) is 2.32. The van der Waals surface area contributed by atoms with E-state index in [1.54, 1.807) is 12.1 Å². The van der Waals surface area contributed by atoms with E-state index in [2.05, 4.69) is 17.3 Å². The first-order valence-corrected chi connectivity index (χ1v) is 6.43. The molecule has 1 aliphatic rings. The van der Waals surface area contributed by atoms with Gasteiger partial charge < -0.3 is 15.0 Å². The number of likely N-dealkylation sites (tertiary alicyclic amines) is 1. The third kappa shape index (κ3) is 3.43. The molecule has 0 aliphatic carbocycles. The Labute approximate surface area is 108 Å². The standard InChI is InChI=1S/C14H21FN2O/c1-17-7-5-12(6-8-17)16-10-11-3-4-14(18-2)13(15)9-11/h3-4,9,12,16H,5-8,10H2,1-2H3. The molecule has 1 fully saturated rings. The first kappa shape index (κ1) is 13.3. The summed E-state index contributed by atoms with van der Waals surface area (Å²) >= 11 is 0. The largest absolute Gasteiger partial charge is 0.494 e. The highest BCUT2D eigenvalue weighted by molar-refractivity contribution is 5.29. The maximum Gasteiger partial charge on any atom is 0.165 e. The predicted molar refractivity (Wildman–Crippen MR) is 70.3 cm³/mol. The molecule has 1 aliphatic heterocycles. The van der Waals surface area contributed by atoms with Crippen molar-refractivity contribution in [1.82, 2.24) is 10.2 Å². The minimum absolute atomic E-state index is 0.292. The second-order valence-corrected chi connectivity index (χ2v) is 4.93. The molecule has 1 aromatic rings. The van der Waals surface area contributed by atoms with Crippen LogP contribution >= 0.6 is 0 Å². The third-order valence-corrected chi connectivity index (χ3v) is 3.53. The lowest BCUT2D eigenvalue weighted by atomic mass is 10.1. The van der Waals surface area contributed by atoms with Gasteiger partial charge in [-0.15, -0.1) is 0 Å². The van der Waals surface area contributed by atoms with Gasteiger partial charge in [0.05, 0.1) is 7.11 Å². The molecule has 0 aromatic heterocycles. The number of benzene rings is 1. The number of ether oxygens (including phenoxy) is 1. The molecule has 0 amide bonds. The first-order chi connectivity index (χ1) is 8.69. The molecule has 1 heterocycles. The lowest BCUT2D eigenvalue weighted by Gasteiger charge is -2.29. The maximum absolute atomic E-state index is 13.5. The van der Waals surface area contributed by atoms with Gasteiger partial charge in [0, 0.05) is 12.6 Å². The van der Waals surface area contributed by atoms with Gasteiger partial charge in [0.15, 0.2) is 11.6 Å². The first-order valence-electron chi connectivity index (χ1n) is 6.43. The van der Waals surface area contributed by atoms with Gasteiger partial charge in [0.2, 0.25) is 0 Å². The summed E-state index contributed by atoms with van der Waals surface area (Å²) in [4.78, 5) is 2.34. The topological polar surface area (TPSA) is 24.5 Å². The van der Waals surface area contributed by atoms with Crippen LogP contribution in [0.1, 0.15) is 18.4 Å². The van der Waals surface area contributed by atoms with E-state index in [1.807, 2.05) is 6.07 Å². The Hall–Kier alpha value is -1.13. The molecule has 4 heteroatoms. The summed E-state index contributed by atoms with van der Waals surface area (Å²) in [7, 11) is 3.63. The number of methoxy groups -OCH3 is 1. The Morgan fingerprint density at radius 3 is 2.72 bits per heavy atom. The minimum Gasteiger partial charge on any atom is -0.494 e. The monoisotopic (exact) mass is 252 g/mol. The zero-order valence-electron chi connectivity index (χ0n) is 11.1. The van der Waals surface area contributed by atoms with Gasteiger partial charge in [0.25, 0.3) is 0 Å². The van der Waals surface area contributed by atoms with E-state index in [-0.39, 0.29) is 5.82 Å². The van der Waals surface area contributed by atoms with Gasteiger partial charge in [-0.25, -0.2) is 4.39 Å². The number of nitrogens with one attached hydrogen (secondary N) is 1. The fourth-order valence-electron chi connectivity index (χ4n) is 2.29. The molecule has 0 spiro atoms. The third-order valence-electron chi connectivity index (χ3n) is 3.53. The van der Waals surface area contributed by atoms with E-state index < -0.39 is 0 Å². The summed E-state index contributed by atoms with van der Waals surface area (Å²) < 4.78 is 18.4. The van der Waals surface area contributed by atoms with Crippen LogP contribution in [0.25, 0.3) is 0 Å². The smallest absolute Gasteiger partial charge is 0.165 e. The molecular weight excluding hydrogens is 231 g/mol. The van der Waals surface area contributed by atoms with Gasteiger partial charge in [0.1, 0.15) is 0 Å². The van der Waals surface area contributed by atoms with Crippen LogP contribution in [0.15, 0.2) is 18.2 Å². The van der Waals surface area contributed by atoms with Crippen molar-refractivity contribution in [2.75, 3.05) is 27.2 Å². The molecule has 0 bridgehead atoms.